The molecule has 0 saturated carbocycles. The standard InChI is InChI=1S/C14H18N2O2/c17-16(18)14-9-3-2-7-13(14)8-6-12-15-10-4-1-5-11-15/h2-3,6-9H,1,4-5,10-12H2/p+1/b8-6+. The number of nitrogens with zero attached hydrogens (tertiary/aromatic N) is 1. The van der Waals surface area contributed by atoms with Crippen LogP contribution in [0.2, 0.25) is 0 Å². The third kappa shape index (κ3) is 3.40. The molecule has 0 spiro atoms. The summed E-state index contributed by atoms with van der Waals surface area (Å²) in [6.07, 6.45) is 7.88. The summed E-state index contributed by atoms with van der Waals surface area (Å²) in [6.45, 7) is 3.41. The number of para-hydroxylation sites is 1. The quantitative estimate of drug-likeness (QED) is 0.650. The fraction of sp³-hybridized carbons (Fsp3) is 0.429. The number of piperidine rings is 1. The molecule has 0 unspecified atom stereocenters. The molecule has 1 saturated heterocycles. The molecule has 0 atom stereocenters. The molecule has 0 aliphatic carbocycles. The average Bonchev–Trinajstić information content (AvgIpc) is 2.40. The molecule has 1 aromatic carbocycles. The highest BCUT2D eigenvalue weighted by molar-refractivity contribution is 5.60. The minimum absolute atomic E-state index is 0.183. The van der Waals surface area contributed by atoms with Crippen LogP contribution in [-0.4, -0.2) is 24.6 Å². The number of hydrogen-bond acceptors (Lipinski definition) is 2. The van der Waals surface area contributed by atoms with Crippen LogP contribution >= 0.6 is 0 Å². The van der Waals surface area contributed by atoms with Gasteiger partial charge in [0, 0.05) is 6.07 Å². The molecule has 1 aliphatic rings. The lowest BCUT2D eigenvalue weighted by molar-refractivity contribution is -0.898. The number of benzene rings is 1. The molecule has 1 heterocycles. The van der Waals surface area contributed by atoms with Crippen molar-refractivity contribution in [2.75, 3.05) is 19.6 Å². The Balaban J connectivity index is 1.97. The molecule has 1 N–H and O–H groups in total. The second-order valence-electron chi connectivity index (χ2n) is 4.73. The number of nitro groups is 1. The van der Waals surface area contributed by atoms with Gasteiger partial charge in [0.1, 0.15) is 0 Å². The highest BCUT2D eigenvalue weighted by Crippen LogP contribution is 2.18. The van der Waals surface area contributed by atoms with Gasteiger partial charge in [-0.1, -0.05) is 12.1 Å². The first-order valence-corrected chi connectivity index (χ1v) is 6.51. The fourth-order valence-corrected chi connectivity index (χ4v) is 2.40. The van der Waals surface area contributed by atoms with E-state index in [1.54, 1.807) is 23.1 Å². The maximum Gasteiger partial charge on any atom is 0.276 e. The van der Waals surface area contributed by atoms with E-state index in [2.05, 4.69) is 6.08 Å². The van der Waals surface area contributed by atoms with Crippen molar-refractivity contribution in [2.45, 2.75) is 19.3 Å². The summed E-state index contributed by atoms with van der Waals surface area (Å²) >= 11 is 0. The maximum atomic E-state index is 10.9. The molecule has 2 rings (SSSR count). The van der Waals surface area contributed by atoms with E-state index in [1.807, 2.05) is 12.1 Å². The summed E-state index contributed by atoms with van der Waals surface area (Å²) in [6, 6.07) is 6.87. The van der Waals surface area contributed by atoms with E-state index in [0.29, 0.717) is 5.56 Å². The molecule has 0 aromatic heterocycles. The first-order chi connectivity index (χ1) is 8.77. The summed E-state index contributed by atoms with van der Waals surface area (Å²) in [5, 5.41) is 10.9. The Labute approximate surface area is 107 Å². The number of quaternary nitrogens is 1. The van der Waals surface area contributed by atoms with Crippen molar-refractivity contribution in [1.29, 1.82) is 0 Å². The second-order valence-corrected chi connectivity index (χ2v) is 4.73. The third-order valence-corrected chi connectivity index (χ3v) is 3.40. The molecule has 0 bridgehead atoms. The molecule has 0 radical (unpaired) electrons. The van der Waals surface area contributed by atoms with Crippen LogP contribution in [0.15, 0.2) is 30.3 Å². The minimum Gasteiger partial charge on any atom is -0.332 e. The zero-order valence-corrected chi connectivity index (χ0v) is 10.5. The van der Waals surface area contributed by atoms with E-state index in [4.69, 9.17) is 0 Å². The van der Waals surface area contributed by atoms with Gasteiger partial charge in [0.05, 0.1) is 30.1 Å². The lowest BCUT2D eigenvalue weighted by atomic mass is 10.1. The summed E-state index contributed by atoms with van der Waals surface area (Å²) in [5.74, 6) is 0. The Morgan fingerprint density at radius 3 is 2.67 bits per heavy atom. The van der Waals surface area contributed by atoms with Crippen LogP contribution < -0.4 is 4.90 Å². The van der Waals surface area contributed by atoms with Gasteiger partial charge in [-0.2, -0.15) is 0 Å². The zero-order chi connectivity index (χ0) is 12.8. The monoisotopic (exact) mass is 247 g/mol. The van der Waals surface area contributed by atoms with E-state index >= 15 is 0 Å². The van der Waals surface area contributed by atoms with Crippen molar-refractivity contribution < 1.29 is 9.82 Å². The van der Waals surface area contributed by atoms with Gasteiger partial charge >= 0.3 is 0 Å². The maximum absolute atomic E-state index is 10.9. The lowest BCUT2D eigenvalue weighted by Crippen LogP contribution is -3.12. The first-order valence-electron chi connectivity index (χ1n) is 6.51. The highest BCUT2D eigenvalue weighted by Gasteiger charge is 2.12. The lowest BCUT2D eigenvalue weighted by Gasteiger charge is -2.21. The largest absolute Gasteiger partial charge is 0.332 e. The molecule has 18 heavy (non-hydrogen) atoms. The zero-order valence-electron chi connectivity index (χ0n) is 10.5. The number of nitrogens with one attached hydrogen (secondary N) is 1. The van der Waals surface area contributed by atoms with E-state index in [-0.39, 0.29) is 10.6 Å². The molecule has 4 heteroatoms. The second kappa shape index (κ2) is 6.31. The van der Waals surface area contributed by atoms with E-state index in [9.17, 15) is 10.1 Å². The van der Waals surface area contributed by atoms with E-state index in [0.717, 1.165) is 6.54 Å². The van der Waals surface area contributed by atoms with Crippen LogP contribution in [0.25, 0.3) is 6.08 Å². The molecule has 1 aliphatic heterocycles. The fourth-order valence-electron chi connectivity index (χ4n) is 2.40. The van der Waals surface area contributed by atoms with Crippen molar-refractivity contribution in [3.8, 4) is 0 Å². The minimum atomic E-state index is -0.326. The summed E-state index contributed by atoms with van der Waals surface area (Å²) in [4.78, 5) is 12.1. The topological polar surface area (TPSA) is 47.6 Å². The van der Waals surface area contributed by atoms with E-state index < -0.39 is 0 Å². The van der Waals surface area contributed by atoms with Crippen molar-refractivity contribution >= 4 is 11.8 Å². The van der Waals surface area contributed by atoms with Gasteiger partial charge in [-0.25, -0.2) is 0 Å². The summed E-state index contributed by atoms with van der Waals surface area (Å²) < 4.78 is 0. The normalized spacial score (nSPS) is 17.1. The predicted octanol–water partition coefficient (Wildman–Crippen LogP) is 1.68. The first kappa shape index (κ1) is 12.8. The number of likely N-dealkylation sites (tertiary alicyclic amines) is 1. The van der Waals surface area contributed by atoms with Gasteiger partial charge in [-0.05, 0) is 37.5 Å². The van der Waals surface area contributed by atoms with Crippen molar-refractivity contribution in [2.24, 2.45) is 0 Å². The van der Waals surface area contributed by atoms with Gasteiger partial charge in [-0.15, -0.1) is 0 Å². The number of hydrogen-bond donors (Lipinski definition) is 1. The van der Waals surface area contributed by atoms with Crippen molar-refractivity contribution in [3.63, 3.8) is 0 Å². The predicted molar refractivity (Wildman–Crippen MR) is 71.5 cm³/mol. The van der Waals surface area contributed by atoms with Crippen LogP contribution in [0.4, 0.5) is 5.69 Å². The summed E-state index contributed by atoms with van der Waals surface area (Å²) in [5.41, 5.74) is 0.876. The Kier molecular flexibility index (Phi) is 4.47. The van der Waals surface area contributed by atoms with Crippen molar-refractivity contribution in [3.05, 3.63) is 46.0 Å². The van der Waals surface area contributed by atoms with Crippen LogP contribution in [0, 0.1) is 10.1 Å². The molecule has 96 valence electrons. The smallest absolute Gasteiger partial charge is 0.276 e. The van der Waals surface area contributed by atoms with Crippen LogP contribution in [0.5, 0.6) is 0 Å². The molecule has 0 amide bonds. The van der Waals surface area contributed by atoms with Crippen molar-refractivity contribution in [1.82, 2.24) is 0 Å². The van der Waals surface area contributed by atoms with Crippen LogP contribution in [0.3, 0.4) is 0 Å². The SMILES string of the molecule is O=[N+]([O-])c1ccccc1/C=C/C[NH+]1CCCCC1. The Hall–Kier alpha value is -1.68. The molecule has 4 nitrogen and oxygen atoms in total. The number of nitro benzene ring substituents is 1. The Morgan fingerprint density at radius 1 is 1.22 bits per heavy atom. The summed E-state index contributed by atoms with van der Waals surface area (Å²) in [7, 11) is 0. The van der Waals surface area contributed by atoms with Gasteiger partial charge in [0.15, 0.2) is 0 Å². The van der Waals surface area contributed by atoms with Crippen LogP contribution in [0.1, 0.15) is 24.8 Å². The van der Waals surface area contributed by atoms with Gasteiger partial charge in [0.2, 0.25) is 0 Å². The van der Waals surface area contributed by atoms with Gasteiger partial charge < -0.3 is 4.90 Å². The van der Waals surface area contributed by atoms with E-state index in [1.165, 1.54) is 32.4 Å². The highest BCUT2D eigenvalue weighted by atomic mass is 16.6. The van der Waals surface area contributed by atoms with Gasteiger partial charge in [-0.3, -0.25) is 10.1 Å². The Morgan fingerprint density at radius 2 is 1.94 bits per heavy atom. The molecule has 1 aromatic rings. The van der Waals surface area contributed by atoms with Crippen LogP contribution in [-0.2, 0) is 0 Å². The third-order valence-electron chi connectivity index (χ3n) is 3.40. The molecular formula is C14H19N2O2+. The Bertz CT molecular complexity index is 437. The molecule has 1 fully saturated rings. The average molecular weight is 247 g/mol. The number of rotatable bonds is 4. The van der Waals surface area contributed by atoms with Gasteiger partial charge in [0.25, 0.3) is 5.69 Å². The molecular weight excluding hydrogens is 228 g/mol.